The molecule has 0 bridgehead atoms. The summed E-state index contributed by atoms with van der Waals surface area (Å²) in [6, 6.07) is 23.6. The lowest BCUT2D eigenvalue weighted by Crippen LogP contribution is -2.20. The molecule has 0 aliphatic carbocycles. The SMILES string of the molecule is CCn1c2ccccc2c2cc(NC(=O)COC(=O)/C=C/c3cccc4cccnc34)ccc21. The minimum absolute atomic E-state index is 0.369. The average molecular weight is 450 g/mol. The van der Waals surface area contributed by atoms with E-state index in [-0.39, 0.29) is 6.61 Å². The Kier molecular flexibility index (Phi) is 5.79. The molecule has 0 radical (unpaired) electrons. The molecule has 6 heteroatoms. The first-order valence-electron chi connectivity index (χ1n) is 11.1. The minimum Gasteiger partial charge on any atom is -0.452 e. The number of carbonyl (C=O) groups is 2. The molecule has 1 amide bonds. The molecule has 0 saturated carbocycles. The molecule has 0 aliphatic rings. The molecule has 2 heterocycles. The molecule has 5 rings (SSSR count). The normalized spacial score (nSPS) is 11.4. The number of nitrogens with zero attached hydrogens (tertiary/aromatic N) is 2. The monoisotopic (exact) mass is 449 g/mol. The molecule has 1 N–H and O–H groups in total. The van der Waals surface area contributed by atoms with Gasteiger partial charge in [0.1, 0.15) is 0 Å². The van der Waals surface area contributed by atoms with Crippen LogP contribution in [0, 0.1) is 0 Å². The standard InChI is InChI=1S/C28H23N3O3/c1-2-31-24-11-4-3-10-22(24)23-17-21(13-14-25(23)31)30-26(32)18-34-27(33)15-12-20-8-5-7-19-9-6-16-29-28(19)20/h3-17H,2,18H2,1H3,(H,30,32)/b15-12+. The summed E-state index contributed by atoms with van der Waals surface area (Å²) in [7, 11) is 0. The number of amides is 1. The zero-order chi connectivity index (χ0) is 23.5. The summed E-state index contributed by atoms with van der Waals surface area (Å²) in [5.74, 6) is -0.989. The number of fused-ring (bicyclic) bond motifs is 4. The van der Waals surface area contributed by atoms with Crippen molar-refractivity contribution in [2.75, 3.05) is 11.9 Å². The summed E-state index contributed by atoms with van der Waals surface area (Å²) >= 11 is 0. The predicted molar refractivity (Wildman–Crippen MR) is 135 cm³/mol. The zero-order valence-electron chi connectivity index (χ0n) is 18.7. The van der Waals surface area contributed by atoms with Crippen molar-refractivity contribution in [1.29, 1.82) is 0 Å². The predicted octanol–water partition coefficient (Wildman–Crippen LogP) is 5.56. The van der Waals surface area contributed by atoms with Crippen molar-refractivity contribution in [3.63, 3.8) is 0 Å². The van der Waals surface area contributed by atoms with Crippen LogP contribution in [0.15, 0.2) is 85.1 Å². The van der Waals surface area contributed by atoms with Crippen molar-refractivity contribution in [2.45, 2.75) is 13.5 Å². The van der Waals surface area contributed by atoms with Crippen LogP contribution >= 0.6 is 0 Å². The van der Waals surface area contributed by atoms with Crippen molar-refractivity contribution in [2.24, 2.45) is 0 Å². The Morgan fingerprint density at radius 1 is 0.971 bits per heavy atom. The van der Waals surface area contributed by atoms with E-state index in [1.54, 1.807) is 12.3 Å². The Morgan fingerprint density at radius 3 is 2.68 bits per heavy atom. The van der Waals surface area contributed by atoms with Gasteiger partial charge in [0, 0.05) is 57.3 Å². The largest absolute Gasteiger partial charge is 0.452 e. The highest BCUT2D eigenvalue weighted by Gasteiger charge is 2.11. The van der Waals surface area contributed by atoms with Crippen LogP contribution in [0.3, 0.4) is 0 Å². The van der Waals surface area contributed by atoms with E-state index < -0.39 is 11.9 Å². The summed E-state index contributed by atoms with van der Waals surface area (Å²) in [6.45, 7) is 2.60. The summed E-state index contributed by atoms with van der Waals surface area (Å²) in [6.07, 6.45) is 4.66. The molecule has 0 spiro atoms. The number of hydrogen-bond acceptors (Lipinski definition) is 4. The molecule has 3 aromatic carbocycles. The van der Waals surface area contributed by atoms with Crippen molar-refractivity contribution >= 4 is 56.3 Å². The zero-order valence-corrected chi connectivity index (χ0v) is 18.7. The van der Waals surface area contributed by atoms with E-state index in [1.807, 2.05) is 60.7 Å². The molecular weight excluding hydrogens is 426 g/mol. The smallest absolute Gasteiger partial charge is 0.331 e. The maximum Gasteiger partial charge on any atom is 0.331 e. The summed E-state index contributed by atoms with van der Waals surface area (Å²) in [5.41, 5.74) is 4.53. The van der Waals surface area contributed by atoms with Gasteiger partial charge in [-0.3, -0.25) is 9.78 Å². The number of hydrogen-bond donors (Lipinski definition) is 1. The summed E-state index contributed by atoms with van der Waals surface area (Å²) < 4.78 is 7.37. The van der Waals surface area contributed by atoms with E-state index in [4.69, 9.17) is 4.74 Å². The molecular formula is C28H23N3O3. The number of ether oxygens (including phenoxy) is 1. The topological polar surface area (TPSA) is 73.2 Å². The number of carbonyl (C=O) groups excluding carboxylic acids is 2. The van der Waals surface area contributed by atoms with Crippen molar-refractivity contribution < 1.29 is 14.3 Å². The Morgan fingerprint density at radius 2 is 1.79 bits per heavy atom. The molecule has 2 aromatic heterocycles. The van der Waals surface area contributed by atoms with Gasteiger partial charge in [0.2, 0.25) is 0 Å². The molecule has 0 aliphatic heterocycles. The fourth-order valence-electron chi connectivity index (χ4n) is 4.27. The van der Waals surface area contributed by atoms with E-state index in [1.165, 1.54) is 6.08 Å². The van der Waals surface area contributed by atoms with E-state index in [0.717, 1.165) is 44.8 Å². The molecule has 0 fully saturated rings. The molecule has 0 unspecified atom stereocenters. The first-order valence-corrected chi connectivity index (χ1v) is 11.1. The van der Waals surface area contributed by atoms with E-state index in [2.05, 4.69) is 33.9 Å². The van der Waals surface area contributed by atoms with Gasteiger partial charge in [0.15, 0.2) is 6.61 Å². The van der Waals surface area contributed by atoms with Crippen LogP contribution in [0.1, 0.15) is 12.5 Å². The van der Waals surface area contributed by atoms with Crippen LogP contribution < -0.4 is 5.32 Å². The average Bonchev–Trinajstić information content (AvgIpc) is 3.19. The second kappa shape index (κ2) is 9.19. The van der Waals surface area contributed by atoms with Crippen LogP contribution in [0.5, 0.6) is 0 Å². The lowest BCUT2D eigenvalue weighted by molar-refractivity contribution is -0.142. The second-order valence-corrected chi connectivity index (χ2v) is 7.90. The number of para-hydroxylation sites is 2. The maximum absolute atomic E-state index is 12.4. The number of pyridine rings is 1. The number of anilines is 1. The van der Waals surface area contributed by atoms with Crippen molar-refractivity contribution in [3.8, 4) is 0 Å². The van der Waals surface area contributed by atoms with E-state index in [9.17, 15) is 9.59 Å². The van der Waals surface area contributed by atoms with Gasteiger partial charge in [-0.2, -0.15) is 0 Å². The van der Waals surface area contributed by atoms with Crippen LogP contribution in [0.2, 0.25) is 0 Å². The van der Waals surface area contributed by atoms with E-state index >= 15 is 0 Å². The Labute approximate surface area is 196 Å². The Hall–Kier alpha value is -4.45. The van der Waals surface area contributed by atoms with Crippen LogP contribution in [-0.2, 0) is 20.9 Å². The Bertz CT molecular complexity index is 1560. The van der Waals surface area contributed by atoms with Gasteiger partial charge in [-0.25, -0.2) is 4.79 Å². The van der Waals surface area contributed by atoms with Gasteiger partial charge in [-0.15, -0.1) is 0 Å². The first-order chi connectivity index (χ1) is 16.6. The highest BCUT2D eigenvalue weighted by atomic mass is 16.5. The quantitative estimate of drug-likeness (QED) is 0.272. The second-order valence-electron chi connectivity index (χ2n) is 7.90. The third-order valence-corrected chi connectivity index (χ3v) is 5.78. The van der Waals surface area contributed by atoms with Gasteiger partial charge < -0.3 is 14.6 Å². The Balaban J connectivity index is 1.25. The van der Waals surface area contributed by atoms with Gasteiger partial charge in [0.25, 0.3) is 5.91 Å². The van der Waals surface area contributed by atoms with Gasteiger partial charge in [-0.05, 0) is 43.3 Å². The van der Waals surface area contributed by atoms with Crippen LogP contribution in [0.25, 0.3) is 38.8 Å². The molecule has 168 valence electrons. The van der Waals surface area contributed by atoms with Crippen molar-refractivity contribution in [3.05, 3.63) is 90.6 Å². The summed E-state index contributed by atoms with van der Waals surface area (Å²) in [5, 5.41) is 6.01. The molecule has 6 nitrogen and oxygen atoms in total. The number of esters is 1. The van der Waals surface area contributed by atoms with Crippen LogP contribution in [-0.4, -0.2) is 28.0 Å². The highest BCUT2D eigenvalue weighted by molar-refractivity contribution is 6.10. The van der Waals surface area contributed by atoms with Gasteiger partial charge in [-0.1, -0.05) is 42.5 Å². The fraction of sp³-hybridized carbons (Fsp3) is 0.107. The van der Waals surface area contributed by atoms with Crippen LogP contribution in [0.4, 0.5) is 5.69 Å². The number of rotatable bonds is 6. The lowest BCUT2D eigenvalue weighted by atomic mass is 10.1. The van der Waals surface area contributed by atoms with Crippen molar-refractivity contribution in [1.82, 2.24) is 9.55 Å². The highest BCUT2D eigenvalue weighted by Crippen LogP contribution is 2.31. The third-order valence-electron chi connectivity index (χ3n) is 5.78. The molecule has 34 heavy (non-hydrogen) atoms. The maximum atomic E-state index is 12.4. The van der Waals surface area contributed by atoms with Gasteiger partial charge in [0.05, 0.1) is 5.52 Å². The van der Waals surface area contributed by atoms with E-state index in [0.29, 0.717) is 5.69 Å². The lowest BCUT2D eigenvalue weighted by Gasteiger charge is -2.07. The molecule has 5 aromatic rings. The number of aryl methyl sites for hydroxylation is 1. The number of nitrogens with one attached hydrogen (secondary N) is 1. The fourth-order valence-corrected chi connectivity index (χ4v) is 4.27. The first kappa shape index (κ1) is 21.4. The van der Waals surface area contributed by atoms with Gasteiger partial charge >= 0.3 is 5.97 Å². The minimum atomic E-state index is -0.593. The molecule has 0 atom stereocenters. The number of benzene rings is 3. The number of aromatic nitrogens is 2. The summed E-state index contributed by atoms with van der Waals surface area (Å²) in [4.78, 5) is 28.9. The molecule has 0 saturated heterocycles. The third kappa shape index (κ3) is 4.13.